The van der Waals surface area contributed by atoms with Crippen LogP contribution < -0.4 is 10.1 Å². The number of benzene rings is 2. The molecule has 3 rings (SSSR count). The zero-order chi connectivity index (χ0) is 14.5. The average Bonchev–Trinajstić information content (AvgIpc) is 3.36. The standard InChI is InChI=1S/C19H23NO/c1-20-19(17-9-10-17)14-21-18-11-7-16(8-12-18)13-15-5-3-2-4-6-15/h2-8,11-12,17,19-20H,9-10,13-14H2,1H3. The molecule has 0 bridgehead atoms. The lowest BCUT2D eigenvalue weighted by atomic mass is 10.1. The van der Waals surface area contributed by atoms with Crippen LogP contribution in [0.25, 0.3) is 0 Å². The summed E-state index contributed by atoms with van der Waals surface area (Å²) in [6.45, 7) is 0.763. The minimum Gasteiger partial charge on any atom is -0.492 e. The monoisotopic (exact) mass is 281 g/mol. The first-order chi connectivity index (χ1) is 10.3. The lowest BCUT2D eigenvalue weighted by Crippen LogP contribution is -2.33. The molecule has 0 spiro atoms. The third-order valence-electron chi connectivity index (χ3n) is 4.17. The van der Waals surface area contributed by atoms with Gasteiger partial charge in [0.1, 0.15) is 12.4 Å². The van der Waals surface area contributed by atoms with E-state index in [0.717, 1.165) is 24.7 Å². The van der Waals surface area contributed by atoms with Gasteiger partial charge in [-0.05, 0) is 55.5 Å². The van der Waals surface area contributed by atoms with Crippen LogP contribution in [0.4, 0.5) is 0 Å². The van der Waals surface area contributed by atoms with Gasteiger partial charge in [-0.1, -0.05) is 42.5 Å². The fourth-order valence-corrected chi connectivity index (χ4v) is 2.67. The zero-order valence-electron chi connectivity index (χ0n) is 12.6. The van der Waals surface area contributed by atoms with Crippen LogP contribution in [0.3, 0.4) is 0 Å². The van der Waals surface area contributed by atoms with E-state index in [1.54, 1.807) is 0 Å². The van der Waals surface area contributed by atoms with E-state index in [1.807, 2.05) is 7.05 Å². The van der Waals surface area contributed by atoms with Gasteiger partial charge in [0.05, 0.1) is 0 Å². The summed E-state index contributed by atoms with van der Waals surface area (Å²) >= 11 is 0. The largest absolute Gasteiger partial charge is 0.492 e. The Balaban J connectivity index is 1.54. The normalized spacial score (nSPS) is 15.7. The summed E-state index contributed by atoms with van der Waals surface area (Å²) in [7, 11) is 2.02. The molecule has 0 amide bonds. The maximum Gasteiger partial charge on any atom is 0.119 e. The molecule has 1 saturated carbocycles. The van der Waals surface area contributed by atoms with Crippen molar-refractivity contribution < 1.29 is 4.74 Å². The van der Waals surface area contributed by atoms with Crippen LogP contribution in [0, 0.1) is 5.92 Å². The highest BCUT2D eigenvalue weighted by molar-refractivity contribution is 5.31. The summed E-state index contributed by atoms with van der Waals surface area (Å²) in [4.78, 5) is 0. The fraction of sp³-hybridized carbons (Fsp3) is 0.368. The Labute approximate surface area is 127 Å². The summed E-state index contributed by atoms with van der Waals surface area (Å²) < 4.78 is 5.90. The van der Waals surface area contributed by atoms with Gasteiger partial charge in [-0.2, -0.15) is 0 Å². The van der Waals surface area contributed by atoms with Crippen LogP contribution >= 0.6 is 0 Å². The summed E-state index contributed by atoms with van der Waals surface area (Å²) in [5.74, 6) is 1.78. The third-order valence-corrected chi connectivity index (χ3v) is 4.17. The first kappa shape index (κ1) is 14.2. The van der Waals surface area contributed by atoms with Crippen LogP contribution in [-0.2, 0) is 6.42 Å². The molecule has 0 radical (unpaired) electrons. The van der Waals surface area contributed by atoms with E-state index in [-0.39, 0.29) is 0 Å². The van der Waals surface area contributed by atoms with Crippen molar-refractivity contribution in [2.24, 2.45) is 5.92 Å². The van der Waals surface area contributed by atoms with E-state index in [9.17, 15) is 0 Å². The molecule has 110 valence electrons. The SMILES string of the molecule is CNC(COc1ccc(Cc2ccccc2)cc1)C1CC1. The molecule has 1 atom stereocenters. The van der Waals surface area contributed by atoms with Gasteiger partial charge in [-0.3, -0.25) is 0 Å². The third kappa shape index (κ3) is 4.08. The maximum atomic E-state index is 5.90. The molecule has 0 saturated heterocycles. The van der Waals surface area contributed by atoms with Crippen LogP contribution in [0.15, 0.2) is 54.6 Å². The van der Waals surface area contributed by atoms with E-state index in [0.29, 0.717) is 6.04 Å². The van der Waals surface area contributed by atoms with E-state index >= 15 is 0 Å². The van der Waals surface area contributed by atoms with Gasteiger partial charge in [-0.15, -0.1) is 0 Å². The molecule has 1 unspecified atom stereocenters. The van der Waals surface area contributed by atoms with Crippen molar-refractivity contribution in [3.63, 3.8) is 0 Å². The van der Waals surface area contributed by atoms with Crippen molar-refractivity contribution in [1.82, 2.24) is 5.32 Å². The highest BCUT2D eigenvalue weighted by atomic mass is 16.5. The first-order valence-electron chi connectivity index (χ1n) is 7.78. The lowest BCUT2D eigenvalue weighted by Gasteiger charge is -2.16. The Bertz CT molecular complexity index is 546. The molecular weight excluding hydrogens is 258 g/mol. The van der Waals surface area contributed by atoms with Gasteiger partial charge in [-0.25, -0.2) is 0 Å². The second-order valence-electron chi connectivity index (χ2n) is 5.85. The van der Waals surface area contributed by atoms with Gasteiger partial charge in [0.2, 0.25) is 0 Å². The van der Waals surface area contributed by atoms with E-state index in [4.69, 9.17) is 4.74 Å². The maximum absolute atomic E-state index is 5.90. The van der Waals surface area contributed by atoms with Crippen molar-refractivity contribution >= 4 is 0 Å². The Kier molecular flexibility index (Phi) is 4.56. The molecule has 21 heavy (non-hydrogen) atoms. The Morgan fingerprint density at radius 3 is 2.29 bits per heavy atom. The second kappa shape index (κ2) is 6.77. The number of ether oxygens (including phenoxy) is 1. The predicted molar refractivity (Wildman–Crippen MR) is 86.8 cm³/mol. The molecule has 2 aromatic carbocycles. The van der Waals surface area contributed by atoms with Crippen LogP contribution in [-0.4, -0.2) is 19.7 Å². The fourth-order valence-electron chi connectivity index (χ4n) is 2.67. The van der Waals surface area contributed by atoms with Crippen molar-refractivity contribution in [2.75, 3.05) is 13.7 Å². The number of nitrogens with one attached hydrogen (secondary N) is 1. The van der Waals surface area contributed by atoms with Gasteiger partial charge in [0.15, 0.2) is 0 Å². The zero-order valence-corrected chi connectivity index (χ0v) is 12.6. The molecule has 0 aliphatic heterocycles. The van der Waals surface area contributed by atoms with Crippen molar-refractivity contribution in [2.45, 2.75) is 25.3 Å². The molecule has 1 fully saturated rings. The van der Waals surface area contributed by atoms with Crippen LogP contribution in [0.5, 0.6) is 5.75 Å². The van der Waals surface area contributed by atoms with E-state index in [2.05, 4.69) is 59.9 Å². The number of hydrogen-bond donors (Lipinski definition) is 1. The van der Waals surface area contributed by atoms with Gasteiger partial charge < -0.3 is 10.1 Å². The first-order valence-corrected chi connectivity index (χ1v) is 7.78. The molecule has 1 aliphatic carbocycles. The smallest absolute Gasteiger partial charge is 0.119 e. The summed E-state index contributed by atoms with van der Waals surface area (Å²) in [5, 5.41) is 3.35. The van der Waals surface area contributed by atoms with Crippen molar-refractivity contribution in [1.29, 1.82) is 0 Å². The molecule has 0 aromatic heterocycles. The molecule has 1 N–H and O–H groups in total. The average molecular weight is 281 g/mol. The second-order valence-corrected chi connectivity index (χ2v) is 5.85. The van der Waals surface area contributed by atoms with Crippen molar-refractivity contribution in [3.8, 4) is 5.75 Å². The van der Waals surface area contributed by atoms with Gasteiger partial charge in [0, 0.05) is 6.04 Å². The minimum atomic E-state index is 0.494. The minimum absolute atomic E-state index is 0.494. The number of likely N-dealkylation sites (N-methyl/N-ethyl adjacent to an activating group) is 1. The van der Waals surface area contributed by atoms with Crippen LogP contribution in [0.2, 0.25) is 0 Å². The van der Waals surface area contributed by atoms with Gasteiger partial charge in [0.25, 0.3) is 0 Å². The number of rotatable bonds is 7. The Morgan fingerprint density at radius 1 is 1.00 bits per heavy atom. The molecule has 0 heterocycles. The van der Waals surface area contributed by atoms with Crippen molar-refractivity contribution in [3.05, 3.63) is 65.7 Å². The molecule has 2 nitrogen and oxygen atoms in total. The van der Waals surface area contributed by atoms with E-state index in [1.165, 1.54) is 24.0 Å². The summed E-state index contributed by atoms with van der Waals surface area (Å²) in [6, 6.07) is 19.5. The highest BCUT2D eigenvalue weighted by Crippen LogP contribution is 2.32. The predicted octanol–water partition coefficient (Wildman–Crippen LogP) is 3.65. The van der Waals surface area contributed by atoms with E-state index < -0.39 is 0 Å². The number of hydrogen-bond acceptors (Lipinski definition) is 2. The Hall–Kier alpha value is -1.80. The molecule has 2 heteroatoms. The Morgan fingerprint density at radius 2 is 1.67 bits per heavy atom. The summed E-state index contributed by atoms with van der Waals surface area (Å²) in [5.41, 5.74) is 2.66. The molecule has 2 aromatic rings. The van der Waals surface area contributed by atoms with Gasteiger partial charge >= 0.3 is 0 Å². The highest BCUT2D eigenvalue weighted by Gasteiger charge is 2.30. The topological polar surface area (TPSA) is 21.3 Å². The summed E-state index contributed by atoms with van der Waals surface area (Å²) in [6.07, 6.45) is 3.65. The quantitative estimate of drug-likeness (QED) is 0.836. The molecular formula is C19H23NO. The lowest BCUT2D eigenvalue weighted by molar-refractivity contribution is 0.256. The van der Waals surface area contributed by atoms with Crippen LogP contribution in [0.1, 0.15) is 24.0 Å². The molecule has 1 aliphatic rings.